The molecule has 1 saturated carbocycles. The molecule has 0 aliphatic heterocycles. The van der Waals surface area contributed by atoms with Crippen molar-refractivity contribution >= 4 is 11.6 Å². The van der Waals surface area contributed by atoms with Crippen molar-refractivity contribution in [3.05, 3.63) is 36.4 Å². The van der Waals surface area contributed by atoms with Crippen LogP contribution in [0.2, 0.25) is 0 Å². The lowest BCUT2D eigenvalue weighted by Crippen LogP contribution is -2.21. The Kier molecular flexibility index (Phi) is 3.54. The van der Waals surface area contributed by atoms with Gasteiger partial charge in [-0.3, -0.25) is 0 Å². The van der Waals surface area contributed by atoms with E-state index in [4.69, 9.17) is 4.98 Å². The van der Waals surface area contributed by atoms with Crippen molar-refractivity contribution in [3.8, 4) is 11.4 Å². The molecule has 1 aliphatic carbocycles. The maximum atomic E-state index is 4.72. The Morgan fingerprint density at radius 2 is 1.95 bits per heavy atom. The lowest BCUT2D eigenvalue weighted by atomic mass is 10.2. The van der Waals surface area contributed by atoms with Crippen molar-refractivity contribution in [3.63, 3.8) is 0 Å². The fourth-order valence-electron chi connectivity index (χ4n) is 2.25. The van der Waals surface area contributed by atoms with Crippen LogP contribution in [0.15, 0.2) is 36.4 Å². The van der Waals surface area contributed by atoms with Crippen molar-refractivity contribution in [2.24, 2.45) is 0 Å². The molecule has 0 amide bonds. The van der Waals surface area contributed by atoms with Gasteiger partial charge in [0, 0.05) is 31.3 Å². The lowest BCUT2D eigenvalue weighted by molar-refractivity contribution is 0.887. The summed E-state index contributed by atoms with van der Waals surface area (Å²) in [4.78, 5) is 11.6. The molecule has 1 aromatic heterocycles. The quantitative estimate of drug-likeness (QED) is 0.904. The van der Waals surface area contributed by atoms with Crippen LogP contribution < -0.4 is 10.2 Å². The molecular formula is C16H20N4. The molecule has 0 atom stereocenters. The summed E-state index contributed by atoms with van der Waals surface area (Å²) < 4.78 is 0. The van der Waals surface area contributed by atoms with Gasteiger partial charge in [-0.2, -0.15) is 0 Å². The number of aromatic nitrogens is 2. The minimum absolute atomic E-state index is 0.642. The van der Waals surface area contributed by atoms with Gasteiger partial charge >= 0.3 is 0 Å². The van der Waals surface area contributed by atoms with E-state index in [0.717, 1.165) is 29.6 Å². The largest absolute Gasteiger partial charge is 0.370 e. The third kappa shape index (κ3) is 2.74. The molecule has 104 valence electrons. The zero-order valence-electron chi connectivity index (χ0n) is 12.0. The van der Waals surface area contributed by atoms with Crippen LogP contribution in [0.25, 0.3) is 11.4 Å². The average molecular weight is 268 g/mol. The van der Waals surface area contributed by atoms with Crippen LogP contribution in [0.3, 0.4) is 0 Å². The molecule has 3 rings (SSSR count). The molecule has 20 heavy (non-hydrogen) atoms. The standard InChI is InChI=1S/C16H20N4/c1-3-17-14-11-15(20(2)13-9-10-13)19-16(18-14)12-7-5-4-6-8-12/h4-8,11,13H,3,9-10H2,1-2H3,(H,17,18,19). The fraction of sp³-hybridized carbons (Fsp3) is 0.375. The minimum Gasteiger partial charge on any atom is -0.370 e. The highest BCUT2D eigenvalue weighted by Gasteiger charge is 2.27. The number of hydrogen-bond donors (Lipinski definition) is 1. The molecular weight excluding hydrogens is 248 g/mol. The Morgan fingerprint density at radius 1 is 1.20 bits per heavy atom. The normalized spacial score (nSPS) is 14.1. The van der Waals surface area contributed by atoms with E-state index in [1.54, 1.807) is 0 Å². The average Bonchev–Trinajstić information content (AvgIpc) is 3.32. The van der Waals surface area contributed by atoms with Crippen LogP contribution in [-0.2, 0) is 0 Å². The smallest absolute Gasteiger partial charge is 0.163 e. The van der Waals surface area contributed by atoms with Crippen molar-refractivity contribution in [2.45, 2.75) is 25.8 Å². The third-order valence-electron chi connectivity index (χ3n) is 3.56. The van der Waals surface area contributed by atoms with Crippen LogP contribution in [0.4, 0.5) is 11.6 Å². The topological polar surface area (TPSA) is 41.0 Å². The maximum Gasteiger partial charge on any atom is 0.163 e. The van der Waals surface area contributed by atoms with Crippen LogP contribution in [0.5, 0.6) is 0 Å². The summed E-state index contributed by atoms with van der Waals surface area (Å²) in [6.45, 7) is 2.94. The molecule has 0 spiro atoms. The van der Waals surface area contributed by atoms with Crippen LogP contribution in [0.1, 0.15) is 19.8 Å². The van der Waals surface area contributed by atoms with E-state index >= 15 is 0 Å². The van der Waals surface area contributed by atoms with E-state index in [2.05, 4.69) is 29.2 Å². The summed E-state index contributed by atoms with van der Waals surface area (Å²) in [5.74, 6) is 2.67. The molecule has 4 heteroatoms. The summed E-state index contributed by atoms with van der Waals surface area (Å²) >= 11 is 0. The van der Waals surface area contributed by atoms with E-state index in [9.17, 15) is 0 Å². The highest BCUT2D eigenvalue weighted by atomic mass is 15.2. The first-order valence-electron chi connectivity index (χ1n) is 7.19. The van der Waals surface area contributed by atoms with Crippen molar-refractivity contribution in [1.29, 1.82) is 0 Å². The second-order valence-corrected chi connectivity index (χ2v) is 5.17. The first-order valence-corrected chi connectivity index (χ1v) is 7.19. The highest BCUT2D eigenvalue weighted by molar-refractivity contribution is 5.62. The number of rotatable bonds is 5. The van der Waals surface area contributed by atoms with Gasteiger partial charge in [-0.15, -0.1) is 0 Å². The van der Waals surface area contributed by atoms with Gasteiger partial charge in [0.2, 0.25) is 0 Å². The van der Waals surface area contributed by atoms with E-state index in [1.807, 2.05) is 36.4 Å². The molecule has 0 bridgehead atoms. The predicted octanol–water partition coefficient (Wildman–Crippen LogP) is 3.17. The van der Waals surface area contributed by atoms with Crippen molar-refractivity contribution in [2.75, 3.05) is 23.8 Å². The SMILES string of the molecule is CCNc1cc(N(C)C2CC2)nc(-c2ccccc2)n1. The third-order valence-corrected chi connectivity index (χ3v) is 3.56. The fourth-order valence-corrected chi connectivity index (χ4v) is 2.25. The second-order valence-electron chi connectivity index (χ2n) is 5.17. The molecule has 1 N–H and O–H groups in total. The van der Waals surface area contributed by atoms with E-state index in [1.165, 1.54) is 12.8 Å². The Bertz CT molecular complexity index is 578. The van der Waals surface area contributed by atoms with Gasteiger partial charge in [-0.25, -0.2) is 9.97 Å². The zero-order valence-corrected chi connectivity index (χ0v) is 12.0. The predicted molar refractivity (Wildman–Crippen MR) is 83.1 cm³/mol. The Balaban J connectivity index is 2.00. The second kappa shape index (κ2) is 5.49. The molecule has 0 unspecified atom stereocenters. The van der Waals surface area contributed by atoms with Crippen LogP contribution in [-0.4, -0.2) is 29.6 Å². The number of anilines is 2. The zero-order chi connectivity index (χ0) is 13.9. The summed E-state index contributed by atoms with van der Waals surface area (Å²) in [6.07, 6.45) is 2.52. The first kappa shape index (κ1) is 12.9. The van der Waals surface area contributed by atoms with E-state index in [0.29, 0.717) is 6.04 Å². The van der Waals surface area contributed by atoms with Crippen molar-refractivity contribution in [1.82, 2.24) is 9.97 Å². The van der Waals surface area contributed by atoms with Gasteiger partial charge in [0.1, 0.15) is 11.6 Å². The van der Waals surface area contributed by atoms with E-state index in [-0.39, 0.29) is 0 Å². The molecule has 0 saturated heterocycles. The minimum atomic E-state index is 0.642. The molecule has 1 fully saturated rings. The van der Waals surface area contributed by atoms with Crippen LogP contribution in [0, 0.1) is 0 Å². The van der Waals surface area contributed by atoms with Gasteiger partial charge in [0.25, 0.3) is 0 Å². The summed E-state index contributed by atoms with van der Waals surface area (Å²) in [7, 11) is 2.12. The number of nitrogens with zero attached hydrogens (tertiary/aromatic N) is 3. The van der Waals surface area contributed by atoms with Gasteiger partial charge in [0.05, 0.1) is 0 Å². The Hall–Kier alpha value is -2.10. The summed E-state index contributed by atoms with van der Waals surface area (Å²) in [5.41, 5.74) is 1.05. The molecule has 1 heterocycles. The van der Waals surface area contributed by atoms with Gasteiger partial charge in [-0.05, 0) is 19.8 Å². The Labute approximate surface area is 119 Å². The molecule has 0 radical (unpaired) electrons. The molecule has 1 aromatic carbocycles. The van der Waals surface area contributed by atoms with E-state index < -0.39 is 0 Å². The summed E-state index contributed by atoms with van der Waals surface area (Å²) in [5, 5.41) is 3.29. The first-order chi connectivity index (χ1) is 9.78. The van der Waals surface area contributed by atoms with Crippen LogP contribution >= 0.6 is 0 Å². The molecule has 4 nitrogen and oxygen atoms in total. The molecule has 1 aliphatic rings. The van der Waals surface area contributed by atoms with Crippen molar-refractivity contribution < 1.29 is 0 Å². The molecule has 2 aromatic rings. The summed E-state index contributed by atoms with van der Waals surface area (Å²) in [6, 6.07) is 12.8. The lowest BCUT2D eigenvalue weighted by Gasteiger charge is -2.19. The van der Waals surface area contributed by atoms with Gasteiger partial charge in [-0.1, -0.05) is 30.3 Å². The number of benzene rings is 1. The highest BCUT2D eigenvalue weighted by Crippen LogP contribution is 2.31. The van der Waals surface area contributed by atoms with Gasteiger partial charge in [0.15, 0.2) is 5.82 Å². The van der Waals surface area contributed by atoms with Gasteiger partial charge < -0.3 is 10.2 Å². The maximum absolute atomic E-state index is 4.72. The number of hydrogen-bond acceptors (Lipinski definition) is 4. The Morgan fingerprint density at radius 3 is 2.60 bits per heavy atom. The number of nitrogens with one attached hydrogen (secondary N) is 1. The monoisotopic (exact) mass is 268 g/mol.